The summed E-state index contributed by atoms with van der Waals surface area (Å²) in [6.07, 6.45) is 39.6. The molecule has 0 radical (unpaired) electrons. The number of rotatable bonds is 45. The third kappa shape index (κ3) is 31.5. The maximum atomic E-state index is 13.0. The van der Waals surface area contributed by atoms with Gasteiger partial charge in [0, 0.05) is 0 Å². The van der Waals surface area contributed by atoms with E-state index in [1.165, 1.54) is 161 Å². The van der Waals surface area contributed by atoms with Crippen molar-refractivity contribution in [2.75, 3.05) is 13.2 Å². The number of nitrogens with one attached hydrogen (secondary N) is 1. The van der Waals surface area contributed by atoms with Crippen LogP contribution in [-0.4, -0.2) is 110 Å². The lowest BCUT2D eigenvalue weighted by atomic mass is 9.98. The van der Waals surface area contributed by atoms with Crippen molar-refractivity contribution in [1.29, 1.82) is 0 Å². The topological polar surface area (TPSA) is 189 Å². The molecule has 64 heavy (non-hydrogen) atoms. The summed E-state index contributed by atoms with van der Waals surface area (Å²) in [5.41, 5.74) is 0. The maximum absolute atomic E-state index is 13.0. The molecule has 11 heteroatoms. The molecular weight excluding hydrogens is 811 g/mol. The van der Waals surface area contributed by atoms with Crippen LogP contribution in [0.25, 0.3) is 0 Å². The van der Waals surface area contributed by atoms with Crippen molar-refractivity contribution < 1.29 is 50.0 Å². The van der Waals surface area contributed by atoms with Crippen LogP contribution in [0.1, 0.15) is 239 Å². The number of aliphatic hydroxyl groups is 7. The number of aliphatic hydroxyl groups excluding tert-OH is 7. The van der Waals surface area contributed by atoms with Crippen molar-refractivity contribution in [3.63, 3.8) is 0 Å². The lowest BCUT2D eigenvalue weighted by molar-refractivity contribution is -0.303. The van der Waals surface area contributed by atoms with Gasteiger partial charge in [-0.05, 0) is 44.9 Å². The molecule has 0 saturated carbocycles. The first-order valence-corrected chi connectivity index (χ1v) is 26.7. The largest absolute Gasteiger partial charge is 0.394 e. The predicted octanol–water partition coefficient (Wildman–Crippen LogP) is 10.2. The van der Waals surface area contributed by atoms with Crippen LogP contribution >= 0.6 is 0 Å². The lowest BCUT2D eigenvalue weighted by Crippen LogP contribution is -2.60. The number of ether oxygens (including phenoxy) is 2. The molecule has 0 bridgehead atoms. The van der Waals surface area contributed by atoms with Gasteiger partial charge in [0.05, 0.1) is 25.4 Å². The number of allylic oxidation sites excluding steroid dienone is 4. The Kier molecular flexibility index (Phi) is 40.6. The van der Waals surface area contributed by atoms with Crippen molar-refractivity contribution in [2.45, 2.75) is 294 Å². The molecule has 1 aliphatic rings. The minimum absolute atomic E-state index is 0.260. The van der Waals surface area contributed by atoms with Gasteiger partial charge in [-0.3, -0.25) is 4.79 Å². The van der Waals surface area contributed by atoms with Crippen LogP contribution in [0.2, 0.25) is 0 Å². The SMILES string of the molecule is CCCCCCCCCCCCC/C=C\C/C=C\CCCCCCCCCCCCCCCCCCC(O)C(=O)NC(COC1OC(CO)C(O)C(O)C1O)C(O)C(O)CCCCC. The first kappa shape index (κ1) is 60.6. The Labute approximate surface area is 391 Å². The van der Waals surface area contributed by atoms with Crippen molar-refractivity contribution in [3.8, 4) is 0 Å². The summed E-state index contributed by atoms with van der Waals surface area (Å²) in [7, 11) is 0. The van der Waals surface area contributed by atoms with E-state index in [-0.39, 0.29) is 6.42 Å². The first-order chi connectivity index (χ1) is 31.2. The van der Waals surface area contributed by atoms with E-state index in [0.717, 1.165) is 38.5 Å². The van der Waals surface area contributed by atoms with Gasteiger partial charge < -0.3 is 50.5 Å². The molecule has 1 rings (SSSR count). The predicted molar refractivity (Wildman–Crippen MR) is 261 cm³/mol. The molecule has 0 aromatic rings. The Morgan fingerprint density at radius 3 is 1.41 bits per heavy atom. The molecule has 1 amide bonds. The van der Waals surface area contributed by atoms with E-state index < -0.39 is 74.2 Å². The fourth-order valence-corrected chi connectivity index (χ4v) is 8.59. The fraction of sp³-hybridized carbons (Fsp3) is 0.906. The van der Waals surface area contributed by atoms with Gasteiger partial charge in [0.25, 0.3) is 0 Å². The third-order valence-corrected chi connectivity index (χ3v) is 13.0. The average molecular weight is 912 g/mol. The molecule has 0 aliphatic carbocycles. The highest BCUT2D eigenvalue weighted by molar-refractivity contribution is 5.80. The molecule has 0 aromatic heterocycles. The molecule has 1 aliphatic heterocycles. The fourth-order valence-electron chi connectivity index (χ4n) is 8.59. The Hall–Kier alpha value is -1.41. The van der Waals surface area contributed by atoms with Gasteiger partial charge >= 0.3 is 0 Å². The quantitative estimate of drug-likeness (QED) is 0.0216. The van der Waals surface area contributed by atoms with Crippen molar-refractivity contribution in [2.24, 2.45) is 0 Å². The van der Waals surface area contributed by atoms with Crippen LogP contribution in [0.4, 0.5) is 0 Å². The maximum Gasteiger partial charge on any atom is 0.249 e. The molecule has 1 fully saturated rings. The van der Waals surface area contributed by atoms with Crippen LogP contribution in [0.15, 0.2) is 24.3 Å². The van der Waals surface area contributed by atoms with Gasteiger partial charge in [-0.1, -0.05) is 218 Å². The number of hydrogen-bond donors (Lipinski definition) is 8. The van der Waals surface area contributed by atoms with Gasteiger partial charge in [0.1, 0.15) is 36.6 Å². The molecule has 378 valence electrons. The van der Waals surface area contributed by atoms with E-state index in [1.807, 2.05) is 6.92 Å². The summed E-state index contributed by atoms with van der Waals surface area (Å²) in [5, 5.41) is 74.8. The zero-order chi connectivity index (χ0) is 46.9. The Morgan fingerprint density at radius 2 is 0.953 bits per heavy atom. The van der Waals surface area contributed by atoms with Crippen LogP contribution in [0, 0.1) is 0 Å². The summed E-state index contributed by atoms with van der Waals surface area (Å²) in [6.45, 7) is 3.25. The van der Waals surface area contributed by atoms with E-state index in [4.69, 9.17) is 9.47 Å². The van der Waals surface area contributed by atoms with Gasteiger partial charge in [-0.15, -0.1) is 0 Å². The van der Waals surface area contributed by atoms with E-state index in [9.17, 15) is 40.5 Å². The minimum Gasteiger partial charge on any atom is -0.394 e. The van der Waals surface area contributed by atoms with Crippen LogP contribution in [0.5, 0.6) is 0 Å². The highest BCUT2D eigenvalue weighted by atomic mass is 16.7. The molecular formula is C53H101NO10. The second kappa shape index (κ2) is 42.9. The number of carbonyl (C=O) groups excluding carboxylic acids is 1. The highest BCUT2D eigenvalue weighted by Crippen LogP contribution is 2.23. The summed E-state index contributed by atoms with van der Waals surface area (Å²) in [5.74, 6) is -0.705. The summed E-state index contributed by atoms with van der Waals surface area (Å²) in [6, 6.07) is -1.16. The van der Waals surface area contributed by atoms with Crippen molar-refractivity contribution in [1.82, 2.24) is 5.32 Å². The zero-order valence-corrected chi connectivity index (χ0v) is 41.0. The minimum atomic E-state index is -1.66. The van der Waals surface area contributed by atoms with Gasteiger partial charge in [-0.2, -0.15) is 0 Å². The smallest absolute Gasteiger partial charge is 0.249 e. The Bertz CT molecular complexity index is 1090. The Balaban J connectivity index is 2.04. The molecule has 0 spiro atoms. The van der Waals surface area contributed by atoms with E-state index in [2.05, 4.69) is 36.5 Å². The second-order valence-electron chi connectivity index (χ2n) is 19.0. The highest BCUT2D eigenvalue weighted by Gasteiger charge is 2.44. The first-order valence-electron chi connectivity index (χ1n) is 26.7. The monoisotopic (exact) mass is 912 g/mol. The third-order valence-electron chi connectivity index (χ3n) is 13.0. The number of hydrogen-bond acceptors (Lipinski definition) is 10. The van der Waals surface area contributed by atoms with Crippen LogP contribution < -0.4 is 5.32 Å². The standard InChI is InChI=1S/C53H101NO10/c1-3-5-7-8-9-10-11-12-13-14-15-16-17-18-19-20-21-22-23-24-25-26-27-28-29-30-31-32-33-34-35-36-37-39-41-46(57)52(62)54-44(48(58)45(56)40-38-6-4-2)43-63-53-51(61)50(60)49(59)47(42-55)64-53/h17-18,20-21,44-51,53,55-61H,3-16,19,22-43H2,1-2H3,(H,54,62)/b18-17-,21-20-. The van der Waals surface area contributed by atoms with E-state index >= 15 is 0 Å². The van der Waals surface area contributed by atoms with Crippen LogP contribution in [-0.2, 0) is 14.3 Å². The van der Waals surface area contributed by atoms with E-state index in [0.29, 0.717) is 19.3 Å². The normalized spacial score (nSPS) is 21.2. The molecule has 9 atom stereocenters. The van der Waals surface area contributed by atoms with Gasteiger partial charge in [0.2, 0.25) is 5.91 Å². The summed E-state index contributed by atoms with van der Waals surface area (Å²) in [4.78, 5) is 13.0. The van der Waals surface area contributed by atoms with Crippen LogP contribution in [0.3, 0.4) is 0 Å². The molecule has 0 aromatic carbocycles. The lowest BCUT2D eigenvalue weighted by Gasteiger charge is -2.40. The molecule has 11 nitrogen and oxygen atoms in total. The van der Waals surface area contributed by atoms with Gasteiger partial charge in [-0.25, -0.2) is 0 Å². The van der Waals surface area contributed by atoms with Crippen molar-refractivity contribution >= 4 is 5.91 Å². The van der Waals surface area contributed by atoms with E-state index in [1.54, 1.807) is 0 Å². The molecule has 1 saturated heterocycles. The molecule has 8 N–H and O–H groups in total. The number of carbonyl (C=O) groups is 1. The average Bonchev–Trinajstić information content (AvgIpc) is 3.29. The molecule has 9 unspecified atom stereocenters. The summed E-state index contributed by atoms with van der Waals surface area (Å²) >= 11 is 0. The number of amides is 1. The Morgan fingerprint density at radius 1 is 0.547 bits per heavy atom. The van der Waals surface area contributed by atoms with Gasteiger partial charge in [0.15, 0.2) is 6.29 Å². The zero-order valence-electron chi connectivity index (χ0n) is 41.0. The molecule has 1 heterocycles. The second-order valence-corrected chi connectivity index (χ2v) is 19.0. The number of unbranched alkanes of at least 4 members (excludes halogenated alkanes) is 29. The van der Waals surface area contributed by atoms with Crippen molar-refractivity contribution in [3.05, 3.63) is 24.3 Å². The summed E-state index contributed by atoms with van der Waals surface area (Å²) < 4.78 is 11.0.